The van der Waals surface area contributed by atoms with E-state index in [-0.39, 0.29) is 11.4 Å². The van der Waals surface area contributed by atoms with Crippen LogP contribution in [0.5, 0.6) is 0 Å². The highest BCUT2D eigenvalue weighted by Gasteiger charge is 2.17. The molecule has 0 aliphatic carbocycles. The van der Waals surface area contributed by atoms with E-state index < -0.39 is 11.6 Å². The van der Waals surface area contributed by atoms with Gasteiger partial charge in [-0.2, -0.15) is 0 Å². The van der Waals surface area contributed by atoms with Crippen LogP contribution in [-0.4, -0.2) is 15.0 Å². The summed E-state index contributed by atoms with van der Waals surface area (Å²) in [5.41, 5.74) is 2.14. The lowest BCUT2D eigenvalue weighted by Crippen LogP contribution is -1.94. The molecule has 5 heteroatoms. The van der Waals surface area contributed by atoms with Crippen LogP contribution in [0.3, 0.4) is 0 Å². The molecule has 0 amide bonds. The van der Waals surface area contributed by atoms with Gasteiger partial charge in [0.05, 0.1) is 11.1 Å². The van der Waals surface area contributed by atoms with Crippen molar-refractivity contribution in [2.75, 3.05) is 0 Å². The SMILES string of the molecule is Cc1ccc2[nH]c(-c3c(F)ccc(C)c3F)nc2n1. The number of rotatable bonds is 1. The molecule has 0 saturated carbocycles. The van der Waals surface area contributed by atoms with Crippen LogP contribution in [0.2, 0.25) is 0 Å². The van der Waals surface area contributed by atoms with Gasteiger partial charge in [0, 0.05) is 5.69 Å². The minimum Gasteiger partial charge on any atom is -0.336 e. The zero-order valence-electron chi connectivity index (χ0n) is 10.5. The number of halogens is 2. The van der Waals surface area contributed by atoms with Crippen LogP contribution in [-0.2, 0) is 0 Å². The Kier molecular flexibility index (Phi) is 2.55. The molecule has 2 aromatic heterocycles. The predicted molar refractivity (Wildman–Crippen MR) is 68.7 cm³/mol. The fraction of sp³-hybridized carbons (Fsp3) is 0.143. The van der Waals surface area contributed by atoms with Crippen molar-refractivity contribution < 1.29 is 8.78 Å². The summed E-state index contributed by atoms with van der Waals surface area (Å²) in [5.74, 6) is -1.08. The maximum absolute atomic E-state index is 14.0. The Morgan fingerprint density at radius 2 is 1.79 bits per heavy atom. The van der Waals surface area contributed by atoms with Gasteiger partial charge in [-0.25, -0.2) is 18.7 Å². The molecule has 1 aromatic carbocycles. The van der Waals surface area contributed by atoms with Gasteiger partial charge in [0.25, 0.3) is 0 Å². The summed E-state index contributed by atoms with van der Waals surface area (Å²) in [6, 6.07) is 6.24. The van der Waals surface area contributed by atoms with E-state index in [0.29, 0.717) is 16.7 Å². The summed E-state index contributed by atoms with van der Waals surface area (Å²) in [5, 5.41) is 0. The number of H-pyrrole nitrogens is 1. The standard InChI is InChI=1S/C14H11F2N3/c1-7-3-5-9(15)11(12(7)16)14-18-10-6-4-8(2)17-13(10)19-14/h3-6H,1-2H3,(H,17,18,19). The van der Waals surface area contributed by atoms with Gasteiger partial charge in [-0.1, -0.05) is 6.07 Å². The number of imidazole rings is 1. The summed E-state index contributed by atoms with van der Waals surface area (Å²) in [6.07, 6.45) is 0. The van der Waals surface area contributed by atoms with Crippen LogP contribution in [0.1, 0.15) is 11.3 Å². The summed E-state index contributed by atoms with van der Waals surface area (Å²) >= 11 is 0. The van der Waals surface area contributed by atoms with Crippen LogP contribution in [0.25, 0.3) is 22.6 Å². The first-order chi connectivity index (χ1) is 9.06. The molecule has 1 N–H and O–H groups in total. The molecule has 0 aliphatic heterocycles. The third-order valence-electron chi connectivity index (χ3n) is 3.01. The number of hydrogen-bond acceptors (Lipinski definition) is 2. The van der Waals surface area contributed by atoms with E-state index in [2.05, 4.69) is 15.0 Å². The van der Waals surface area contributed by atoms with Crippen molar-refractivity contribution in [3.63, 3.8) is 0 Å². The monoisotopic (exact) mass is 259 g/mol. The van der Waals surface area contributed by atoms with Crippen molar-refractivity contribution in [2.24, 2.45) is 0 Å². The second-order valence-electron chi connectivity index (χ2n) is 4.46. The van der Waals surface area contributed by atoms with E-state index in [4.69, 9.17) is 0 Å². The number of hydrogen-bond donors (Lipinski definition) is 1. The molecule has 0 fully saturated rings. The number of aromatic amines is 1. The number of fused-ring (bicyclic) bond motifs is 1. The van der Waals surface area contributed by atoms with Crippen molar-refractivity contribution in [3.05, 3.63) is 47.2 Å². The zero-order valence-corrected chi connectivity index (χ0v) is 10.5. The van der Waals surface area contributed by atoms with Crippen molar-refractivity contribution in [1.82, 2.24) is 15.0 Å². The third kappa shape index (κ3) is 1.87. The van der Waals surface area contributed by atoms with E-state index in [1.165, 1.54) is 12.1 Å². The van der Waals surface area contributed by atoms with Gasteiger partial charge in [-0.15, -0.1) is 0 Å². The maximum Gasteiger partial charge on any atom is 0.178 e. The van der Waals surface area contributed by atoms with E-state index in [0.717, 1.165) is 5.69 Å². The molecule has 3 aromatic rings. The Morgan fingerprint density at radius 1 is 1.00 bits per heavy atom. The highest BCUT2D eigenvalue weighted by molar-refractivity contribution is 5.76. The fourth-order valence-electron chi connectivity index (χ4n) is 1.98. The number of nitrogens with one attached hydrogen (secondary N) is 1. The largest absolute Gasteiger partial charge is 0.336 e. The minimum atomic E-state index is -0.640. The molecule has 0 spiro atoms. The van der Waals surface area contributed by atoms with Gasteiger partial charge < -0.3 is 4.98 Å². The number of nitrogens with zero attached hydrogens (tertiary/aromatic N) is 2. The molecule has 0 bridgehead atoms. The van der Waals surface area contributed by atoms with Gasteiger partial charge in [0.1, 0.15) is 17.5 Å². The van der Waals surface area contributed by atoms with Gasteiger partial charge >= 0.3 is 0 Å². The topological polar surface area (TPSA) is 41.6 Å². The van der Waals surface area contributed by atoms with Crippen LogP contribution < -0.4 is 0 Å². The third-order valence-corrected chi connectivity index (χ3v) is 3.01. The first kappa shape index (κ1) is 11.8. The molecular formula is C14H11F2N3. The molecule has 3 rings (SSSR count). The predicted octanol–water partition coefficient (Wildman–Crippen LogP) is 3.52. The van der Waals surface area contributed by atoms with Crippen LogP contribution in [0, 0.1) is 25.5 Å². The molecule has 19 heavy (non-hydrogen) atoms. The van der Waals surface area contributed by atoms with E-state index in [9.17, 15) is 8.78 Å². The van der Waals surface area contributed by atoms with E-state index in [1.807, 2.05) is 13.0 Å². The smallest absolute Gasteiger partial charge is 0.178 e. The molecule has 0 atom stereocenters. The highest BCUT2D eigenvalue weighted by Crippen LogP contribution is 2.27. The molecule has 0 aliphatic rings. The Labute approximate surface area is 108 Å². The zero-order chi connectivity index (χ0) is 13.6. The highest BCUT2D eigenvalue weighted by atomic mass is 19.1. The Bertz CT molecular complexity index is 778. The molecular weight excluding hydrogens is 248 g/mol. The summed E-state index contributed by atoms with van der Waals surface area (Å²) in [6.45, 7) is 3.42. The number of aryl methyl sites for hydroxylation is 2. The Hall–Kier alpha value is -2.30. The lowest BCUT2D eigenvalue weighted by molar-refractivity contribution is 0.582. The van der Waals surface area contributed by atoms with E-state index >= 15 is 0 Å². The fourth-order valence-corrected chi connectivity index (χ4v) is 1.98. The molecule has 0 radical (unpaired) electrons. The average molecular weight is 259 g/mol. The van der Waals surface area contributed by atoms with Crippen molar-refractivity contribution in [2.45, 2.75) is 13.8 Å². The second-order valence-corrected chi connectivity index (χ2v) is 4.46. The first-order valence-corrected chi connectivity index (χ1v) is 5.84. The van der Waals surface area contributed by atoms with Gasteiger partial charge in [0.2, 0.25) is 0 Å². The Balaban J connectivity index is 2.27. The minimum absolute atomic E-state index is 0.143. The van der Waals surface area contributed by atoms with Crippen LogP contribution in [0.15, 0.2) is 24.3 Å². The van der Waals surface area contributed by atoms with Crippen molar-refractivity contribution in [3.8, 4) is 11.4 Å². The van der Waals surface area contributed by atoms with Crippen LogP contribution in [0.4, 0.5) is 8.78 Å². The molecule has 2 heterocycles. The average Bonchev–Trinajstić information content (AvgIpc) is 2.77. The summed E-state index contributed by atoms with van der Waals surface area (Å²) in [7, 11) is 0. The van der Waals surface area contributed by atoms with E-state index in [1.54, 1.807) is 13.0 Å². The van der Waals surface area contributed by atoms with Gasteiger partial charge in [-0.3, -0.25) is 0 Å². The molecule has 0 unspecified atom stereocenters. The number of pyridine rings is 1. The number of aromatic nitrogens is 3. The Morgan fingerprint density at radius 3 is 2.58 bits per heavy atom. The van der Waals surface area contributed by atoms with Crippen molar-refractivity contribution >= 4 is 11.2 Å². The van der Waals surface area contributed by atoms with Crippen LogP contribution >= 0.6 is 0 Å². The van der Waals surface area contributed by atoms with Gasteiger partial charge in [-0.05, 0) is 37.6 Å². The van der Waals surface area contributed by atoms with Gasteiger partial charge in [0.15, 0.2) is 5.65 Å². The first-order valence-electron chi connectivity index (χ1n) is 5.84. The number of benzene rings is 1. The van der Waals surface area contributed by atoms with Crippen molar-refractivity contribution in [1.29, 1.82) is 0 Å². The lowest BCUT2D eigenvalue weighted by atomic mass is 10.1. The normalized spacial score (nSPS) is 11.2. The lowest BCUT2D eigenvalue weighted by Gasteiger charge is -2.03. The molecule has 3 nitrogen and oxygen atoms in total. The quantitative estimate of drug-likeness (QED) is 0.726. The second kappa shape index (κ2) is 4.12. The summed E-state index contributed by atoms with van der Waals surface area (Å²) < 4.78 is 27.8. The maximum atomic E-state index is 14.0. The molecule has 96 valence electrons. The molecule has 0 saturated heterocycles. The summed E-state index contributed by atoms with van der Waals surface area (Å²) in [4.78, 5) is 11.3.